The quantitative estimate of drug-likeness (QED) is 0.733. The molecule has 0 aromatic carbocycles. The lowest BCUT2D eigenvalue weighted by Crippen LogP contribution is -2.37. The molecule has 0 saturated carbocycles. The zero-order valence-corrected chi connectivity index (χ0v) is 8.78. The van der Waals surface area contributed by atoms with Crippen LogP contribution < -0.4 is 5.73 Å². The zero-order chi connectivity index (χ0) is 10.1. The Morgan fingerprint density at radius 2 is 2.15 bits per heavy atom. The van der Waals surface area contributed by atoms with Crippen molar-refractivity contribution in [2.75, 3.05) is 0 Å². The molecule has 0 aliphatic heterocycles. The van der Waals surface area contributed by atoms with Crippen LogP contribution >= 0.6 is 0 Å². The van der Waals surface area contributed by atoms with Gasteiger partial charge in [-0.3, -0.25) is 4.68 Å². The van der Waals surface area contributed by atoms with E-state index in [9.17, 15) is 0 Å². The van der Waals surface area contributed by atoms with Gasteiger partial charge in [-0.2, -0.15) is 0 Å². The summed E-state index contributed by atoms with van der Waals surface area (Å²) in [6, 6.07) is 0.129. The van der Waals surface area contributed by atoms with Gasteiger partial charge in [0.25, 0.3) is 0 Å². The molecule has 1 aromatic rings. The van der Waals surface area contributed by atoms with Crippen LogP contribution in [-0.2, 0) is 13.5 Å². The predicted molar refractivity (Wildman–Crippen MR) is 52.1 cm³/mol. The van der Waals surface area contributed by atoms with Crippen molar-refractivity contribution in [3.05, 3.63) is 11.9 Å². The Balaban J connectivity index is 2.60. The normalized spacial score (nSPS) is 14.5. The van der Waals surface area contributed by atoms with Gasteiger partial charge in [-0.15, -0.1) is 5.10 Å². The summed E-state index contributed by atoms with van der Waals surface area (Å²) >= 11 is 0. The third-order valence-electron chi connectivity index (χ3n) is 2.19. The van der Waals surface area contributed by atoms with Crippen LogP contribution in [0.25, 0.3) is 0 Å². The molecule has 4 heteroatoms. The summed E-state index contributed by atoms with van der Waals surface area (Å²) < 4.78 is 1.70. The predicted octanol–water partition coefficient (Wildman–Crippen LogP) is 0.731. The highest BCUT2D eigenvalue weighted by molar-refractivity contribution is 4.97. The molecule has 2 N–H and O–H groups in total. The number of hydrogen-bond donors (Lipinski definition) is 1. The van der Waals surface area contributed by atoms with E-state index in [0.717, 1.165) is 12.1 Å². The van der Waals surface area contributed by atoms with Gasteiger partial charge in [-0.05, 0) is 5.41 Å². The minimum absolute atomic E-state index is 0.123. The van der Waals surface area contributed by atoms with Crippen LogP contribution in [0, 0.1) is 5.41 Å². The largest absolute Gasteiger partial charge is 0.327 e. The number of hydrogen-bond acceptors (Lipinski definition) is 3. The van der Waals surface area contributed by atoms with E-state index in [2.05, 4.69) is 31.1 Å². The average Bonchev–Trinajstić information content (AvgIpc) is 2.33. The maximum atomic E-state index is 6.01. The summed E-state index contributed by atoms with van der Waals surface area (Å²) in [4.78, 5) is 0. The summed E-state index contributed by atoms with van der Waals surface area (Å²) in [6.07, 6.45) is 2.70. The smallest absolute Gasteiger partial charge is 0.0842 e. The summed E-state index contributed by atoms with van der Waals surface area (Å²) in [6.45, 7) is 6.40. The van der Waals surface area contributed by atoms with E-state index in [4.69, 9.17) is 5.73 Å². The fourth-order valence-electron chi connectivity index (χ4n) is 1.02. The number of aryl methyl sites for hydroxylation is 1. The van der Waals surface area contributed by atoms with Crippen LogP contribution in [0.15, 0.2) is 6.20 Å². The second kappa shape index (κ2) is 3.46. The maximum absolute atomic E-state index is 6.01. The van der Waals surface area contributed by atoms with Crippen molar-refractivity contribution in [1.29, 1.82) is 0 Å². The van der Waals surface area contributed by atoms with Gasteiger partial charge in [0.15, 0.2) is 0 Å². The Kier molecular flexibility index (Phi) is 2.71. The van der Waals surface area contributed by atoms with E-state index < -0.39 is 0 Å². The van der Waals surface area contributed by atoms with Gasteiger partial charge in [0.1, 0.15) is 0 Å². The van der Waals surface area contributed by atoms with Crippen LogP contribution in [0.4, 0.5) is 0 Å². The van der Waals surface area contributed by atoms with Crippen molar-refractivity contribution >= 4 is 0 Å². The number of aromatic nitrogens is 3. The second-order valence-electron chi connectivity index (χ2n) is 4.56. The van der Waals surface area contributed by atoms with E-state index in [0.29, 0.717) is 0 Å². The van der Waals surface area contributed by atoms with Crippen LogP contribution in [0.2, 0.25) is 0 Å². The molecule has 0 spiro atoms. The molecular weight excluding hydrogens is 164 g/mol. The van der Waals surface area contributed by atoms with Crippen molar-refractivity contribution < 1.29 is 0 Å². The number of nitrogens with zero attached hydrogens (tertiary/aromatic N) is 3. The highest BCUT2D eigenvalue weighted by Gasteiger charge is 2.21. The first-order valence-electron chi connectivity index (χ1n) is 4.50. The van der Waals surface area contributed by atoms with E-state index >= 15 is 0 Å². The van der Waals surface area contributed by atoms with Gasteiger partial charge >= 0.3 is 0 Å². The van der Waals surface area contributed by atoms with E-state index in [1.807, 2.05) is 13.2 Å². The van der Waals surface area contributed by atoms with Crippen molar-refractivity contribution in [2.24, 2.45) is 18.2 Å². The van der Waals surface area contributed by atoms with Crippen molar-refractivity contribution in [3.63, 3.8) is 0 Å². The lowest BCUT2D eigenvalue weighted by molar-refractivity contribution is 0.317. The summed E-state index contributed by atoms with van der Waals surface area (Å²) in [5, 5.41) is 7.87. The summed E-state index contributed by atoms with van der Waals surface area (Å²) in [5.74, 6) is 0. The molecule has 4 nitrogen and oxygen atoms in total. The van der Waals surface area contributed by atoms with Gasteiger partial charge < -0.3 is 5.73 Å². The first kappa shape index (κ1) is 10.2. The first-order chi connectivity index (χ1) is 5.89. The van der Waals surface area contributed by atoms with Crippen molar-refractivity contribution in [1.82, 2.24) is 15.0 Å². The minimum Gasteiger partial charge on any atom is -0.327 e. The highest BCUT2D eigenvalue weighted by atomic mass is 15.4. The summed E-state index contributed by atoms with van der Waals surface area (Å²) in [7, 11) is 1.86. The third kappa shape index (κ3) is 2.81. The molecule has 1 heterocycles. The molecule has 13 heavy (non-hydrogen) atoms. The standard InChI is InChI=1S/C9H18N4/c1-9(2,3)8(10)5-7-6-13(4)12-11-7/h6,8H,5,10H2,1-4H3. The van der Waals surface area contributed by atoms with Crippen LogP contribution in [0.3, 0.4) is 0 Å². The van der Waals surface area contributed by atoms with Gasteiger partial charge in [0, 0.05) is 25.7 Å². The summed E-state index contributed by atoms with van der Waals surface area (Å²) in [5.41, 5.74) is 7.10. The molecular formula is C9H18N4. The Morgan fingerprint density at radius 1 is 1.54 bits per heavy atom. The topological polar surface area (TPSA) is 56.7 Å². The lowest BCUT2D eigenvalue weighted by atomic mass is 9.85. The van der Waals surface area contributed by atoms with Crippen molar-refractivity contribution in [3.8, 4) is 0 Å². The Labute approximate surface area is 79.1 Å². The Hall–Kier alpha value is -0.900. The van der Waals surface area contributed by atoms with Gasteiger partial charge in [-0.25, -0.2) is 0 Å². The minimum atomic E-state index is 0.123. The maximum Gasteiger partial charge on any atom is 0.0842 e. The molecule has 0 aliphatic rings. The zero-order valence-electron chi connectivity index (χ0n) is 8.78. The van der Waals surface area contributed by atoms with Gasteiger partial charge in [0.2, 0.25) is 0 Å². The van der Waals surface area contributed by atoms with Crippen molar-refractivity contribution in [2.45, 2.75) is 33.2 Å². The monoisotopic (exact) mass is 182 g/mol. The van der Waals surface area contributed by atoms with E-state index in [1.165, 1.54) is 0 Å². The fraction of sp³-hybridized carbons (Fsp3) is 0.778. The first-order valence-corrected chi connectivity index (χ1v) is 4.50. The van der Waals surface area contributed by atoms with Gasteiger partial charge in [0.05, 0.1) is 5.69 Å². The van der Waals surface area contributed by atoms with E-state index in [-0.39, 0.29) is 11.5 Å². The second-order valence-corrected chi connectivity index (χ2v) is 4.56. The number of nitrogens with two attached hydrogens (primary N) is 1. The molecule has 1 aromatic heterocycles. The van der Waals surface area contributed by atoms with Crippen LogP contribution in [-0.4, -0.2) is 21.0 Å². The molecule has 0 radical (unpaired) electrons. The molecule has 1 atom stereocenters. The molecule has 1 unspecified atom stereocenters. The highest BCUT2D eigenvalue weighted by Crippen LogP contribution is 2.19. The van der Waals surface area contributed by atoms with Crippen LogP contribution in [0.1, 0.15) is 26.5 Å². The molecule has 1 rings (SSSR count). The molecule has 0 saturated heterocycles. The Morgan fingerprint density at radius 3 is 2.54 bits per heavy atom. The molecule has 0 fully saturated rings. The van der Waals surface area contributed by atoms with Crippen LogP contribution in [0.5, 0.6) is 0 Å². The molecule has 0 amide bonds. The third-order valence-corrected chi connectivity index (χ3v) is 2.19. The SMILES string of the molecule is Cn1cc(CC(N)C(C)(C)C)nn1. The molecule has 74 valence electrons. The number of rotatable bonds is 2. The van der Waals surface area contributed by atoms with E-state index in [1.54, 1.807) is 4.68 Å². The van der Waals surface area contributed by atoms with Gasteiger partial charge in [-0.1, -0.05) is 26.0 Å². The lowest BCUT2D eigenvalue weighted by Gasteiger charge is -2.26. The molecule has 0 aliphatic carbocycles. The fourth-order valence-corrected chi connectivity index (χ4v) is 1.02. The molecule has 0 bridgehead atoms. The Bertz CT molecular complexity index is 271. The average molecular weight is 182 g/mol.